The number of alkyl halides is 3. The zero-order chi connectivity index (χ0) is 20.5. The maximum atomic E-state index is 12.7. The highest BCUT2D eigenvalue weighted by atomic mass is 19.4. The number of carbonyl (C=O) groups is 1. The van der Waals surface area contributed by atoms with Gasteiger partial charge >= 0.3 is 6.18 Å². The summed E-state index contributed by atoms with van der Waals surface area (Å²) in [5, 5.41) is 9.67. The van der Waals surface area contributed by atoms with E-state index in [-0.39, 0.29) is 11.9 Å². The number of benzene rings is 2. The Kier molecular flexibility index (Phi) is 5.76. The number of carbonyl (C=O) groups excluding carboxylic acids is 1. The smallest absolute Gasteiger partial charge is 0.379 e. The summed E-state index contributed by atoms with van der Waals surface area (Å²) in [5.41, 5.74) is 1.24. The van der Waals surface area contributed by atoms with E-state index >= 15 is 0 Å². The van der Waals surface area contributed by atoms with Crippen LogP contribution in [0.2, 0.25) is 0 Å². The molecule has 1 N–H and O–H groups in total. The van der Waals surface area contributed by atoms with Gasteiger partial charge < -0.3 is 10.0 Å². The van der Waals surface area contributed by atoms with Crippen molar-refractivity contribution in [3.8, 4) is 11.1 Å². The van der Waals surface area contributed by atoms with Crippen molar-refractivity contribution in [2.45, 2.75) is 31.8 Å². The number of amides is 1. The molecule has 0 spiro atoms. The van der Waals surface area contributed by atoms with Gasteiger partial charge in [0.25, 0.3) is 5.91 Å². The van der Waals surface area contributed by atoms with Crippen LogP contribution in [0.4, 0.5) is 13.2 Å². The first-order valence-electron chi connectivity index (χ1n) is 9.14. The standard InChI is InChI=1S/C21H23F3N2O2/c1-14(27)26-12-11-19(13-26)25(2)20(28)17-5-3-15(4-6-17)16-7-9-18(10-8-16)21(22,23)24/h3-10,14,19,27H,11-13H2,1-2H3/t14?,19-/m0/s1. The molecule has 1 aliphatic heterocycles. The van der Waals surface area contributed by atoms with Crippen LogP contribution in [-0.4, -0.2) is 53.2 Å². The third-order valence-electron chi connectivity index (χ3n) is 5.27. The van der Waals surface area contributed by atoms with Crippen LogP contribution in [-0.2, 0) is 6.18 Å². The fraction of sp³-hybridized carbons (Fsp3) is 0.381. The molecule has 7 heteroatoms. The summed E-state index contributed by atoms with van der Waals surface area (Å²) in [6.45, 7) is 3.08. The van der Waals surface area contributed by atoms with E-state index < -0.39 is 18.0 Å². The monoisotopic (exact) mass is 392 g/mol. The molecule has 3 rings (SSSR count). The highest BCUT2D eigenvalue weighted by Gasteiger charge is 2.31. The fourth-order valence-electron chi connectivity index (χ4n) is 3.45. The van der Waals surface area contributed by atoms with E-state index in [1.165, 1.54) is 12.1 Å². The second-order valence-corrected chi connectivity index (χ2v) is 7.14. The van der Waals surface area contributed by atoms with Crippen LogP contribution in [0, 0.1) is 0 Å². The highest BCUT2D eigenvalue weighted by Crippen LogP contribution is 2.31. The van der Waals surface area contributed by atoms with Gasteiger partial charge in [0.15, 0.2) is 0 Å². The summed E-state index contributed by atoms with van der Waals surface area (Å²) < 4.78 is 38.0. The molecule has 0 aliphatic carbocycles. The van der Waals surface area contributed by atoms with E-state index in [1.807, 2.05) is 4.90 Å². The topological polar surface area (TPSA) is 43.8 Å². The number of halogens is 3. The molecule has 1 fully saturated rings. The molecule has 2 aromatic carbocycles. The molecule has 1 heterocycles. The molecule has 150 valence electrons. The van der Waals surface area contributed by atoms with E-state index in [0.717, 1.165) is 30.7 Å². The van der Waals surface area contributed by atoms with Gasteiger partial charge in [0.2, 0.25) is 0 Å². The molecule has 1 unspecified atom stereocenters. The SMILES string of the molecule is CC(O)N1CC[C@H](N(C)C(=O)c2ccc(-c3ccc(C(F)(F)F)cc3)cc2)C1. The third kappa shape index (κ3) is 4.36. The molecule has 4 nitrogen and oxygen atoms in total. The lowest BCUT2D eigenvalue weighted by molar-refractivity contribution is -0.137. The predicted octanol–water partition coefficient (Wildman–Crippen LogP) is 3.86. The number of rotatable bonds is 4. The second-order valence-electron chi connectivity index (χ2n) is 7.14. The molecule has 28 heavy (non-hydrogen) atoms. The zero-order valence-electron chi connectivity index (χ0n) is 15.8. The lowest BCUT2D eigenvalue weighted by atomic mass is 10.0. The number of aliphatic hydroxyl groups excluding tert-OH is 1. The minimum absolute atomic E-state index is 0.0386. The van der Waals surface area contributed by atoms with Gasteiger partial charge in [-0.25, -0.2) is 0 Å². The van der Waals surface area contributed by atoms with Crippen molar-refractivity contribution in [1.82, 2.24) is 9.80 Å². The van der Waals surface area contributed by atoms with Gasteiger partial charge in [-0.2, -0.15) is 13.2 Å². The Balaban J connectivity index is 1.69. The maximum Gasteiger partial charge on any atom is 0.416 e. The normalized spacial score (nSPS) is 18.9. The molecule has 1 aliphatic rings. The first-order chi connectivity index (χ1) is 13.2. The summed E-state index contributed by atoms with van der Waals surface area (Å²) in [6, 6.07) is 11.8. The number of hydrogen-bond acceptors (Lipinski definition) is 3. The summed E-state index contributed by atoms with van der Waals surface area (Å²) >= 11 is 0. The summed E-state index contributed by atoms with van der Waals surface area (Å²) in [6.07, 6.45) is -4.09. The van der Waals surface area contributed by atoms with Gasteiger partial charge in [-0.1, -0.05) is 24.3 Å². The van der Waals surface area contributed by atoms with Crippen molar-refractivity contribution in [3.05, 3.63) is 59.7 Å². The number of likely N-dealkylation sites (tertiary alicyclic amines) is 1. The second kappa shape index (κ2) is 7.93. The van der Waals surface area contributed by atoms with Gasteiger partial charge in [0.1, 0.15) is 6.23 Å². The zero-order valence-corrected chi connectivity index (χ0v) is 15.8. The van der Waals surface area contributed by atoms with Crippen LogP contribution in [0.1, 0.15) is 29.3 Å². The molecule has 0 aromatic heterocycles. The maximum absolute atomic E-state index is 12.7. The van der Waals surface area contributed by atoms with Gasteiger partial charge in [-0.3, -0.25) is 9.69 Å². The Labute approximate surface area is 162 Å². The molecule has 2 atom stereocenters. The first-order valence-corrected chi connectivity index (χ1v) is 9.14. The third-order valence-corrected chi connectivity index (χ3v) is 5.27. The molecule has 0 saturated carbocycles. The van der Waals surface area contributed by atoms with Gasteiger partial charge in [0, 0.05) is 31.7 Å². The number of nitrogens with zero attached hydrogens (tertiary/aromatic N) is 2. The van der Waals surface area contributed by atoms with Crippen molar-refractivity contribution in [2.75, 3.05) is 20.1 Å². The Morgan fingerprint density at radius 3 is 2.11 bits per heavy atom. The summed E-state index contributed by atoms with van der Waals surface area (Å²) in [7, 11) is 1.75. The Morgan fingerprint density at radius 1 is 1.11 bits per heavy atom. The van der Waals surface area contributed by atoms with Crippen molar-refractivity contribution < 1.29 is 23.1 Å². The van der Waals surface area contributed by atoms with Gasteiger partial charge in [-0.15, -0.1) is 0 Å². The van der Waals surface area contributed by atoms with Crippen LogP contribution in [0.25, 0.3) is 11.1 Å². The molecule has 1 saturated heterocycles. The average molecular weight is 392 g/mol. The van der Waals surface area contributed by atoms with E-state index in [0.29, 0.717) is 17.7 Å². The minimum Gasteiger partial charge on any atom is -0.379 e. The van der Waals surface area contributed by atoms with Crippen LogP contribution in [0.5, 0.6) is 0 Å². The van der Waals surface area contributed by atoms with Gasteiger partial charge in [0.05, 0.1) is 5.56 Å². The largest absolute Gasteiger partial charge is 0.416 e. The number of aliphatic hydroxyl groups is 1. The molecule has 1 amide bonds. The number of hydrogen-bond donors (Lipinski definition) is 1. The molecule has 0 radical (unpaired) electrons. The Hall–Kier alpha value is -2.38. The fourth-order valence-corrected chi connectivity index (χ4v) is 3.45. The van der Waals surface area contributed by atoms with Crippen LogP contribution < -0.4 is 0 Å². The average Bonchev–Trinajstić information content (AvgIpc) is 3.17. The van der Waals surface area contributed by atoms with Crippen LogP contribution in [0.3, 0.4) is 0 Å². The van der Waals surface area contributed by atoms with Crippen LogP contribution >= 0.6 is 0 Å². The highest BCUT2D eigenvalue weighted by molar-refractivity contribution is 5.94. The van der Waals surface area contributed by atoms with E-state index in [1.54, 1.807) is 43.1 Å². The quantitative estimate of drug-likeness (QED) is 0.860. The van der Waals surface area contributed by atoms with E-state index in [9.17, 15) is 23.1 Å². The van der Waals surface area contributed by atoms with Crippen molar-refractivity contribution in [3.63, 3.8) is 0 Å². The lowest BCUT2D eigenvalue weighted by Crippen LogP contribution is -2.40. The van der Waals surface area contributed by atoms with Crippen molar-refractivity contribution >= 4 is 5.91 Å². The number of likely N-dealkylation sites (N-methyl/N-ethyl adjacent to an activating group) is 1. The Morgan fingerprint density at radius 2 is 1.64 bits per heavy atom. The first kappa shape index (κ1) is 20.4. The van der Waals surface area contributed by atoms with E-state index in [4.69, 9.17) is 0 Å². The summed E-state index contributed by atoms with van der Waals surface area (Å²) in [4.78, 5) is 16.3. The van der Waals surface area contributed by atoms with Gasteiger partial charge in [-0.05, 0) is 48.7 Å². The van der Waals surface area contributed by atoms with Crippen LogP contribution in [0.15, 0.2) is 48.5 Å². The Bertz CT molecular complexity index is 817. The molecular weight excluding hydrogens is 369 g/mol. The lowest BCUT2D eigenvalue weighted by Gasteiger charge is -2.26. The van der Waals surface area contributed by atoms with Crippen molar-refractivity contribution in [2.24, 2.45) is 0 Å². The summed E-state index contributed by atoms with van der Waals surface area (Å²) in [5.74, 6) is -0.114. The van der Waals surface area contributed by atoms with Crippen molar-refractivity contribution in [1.29, 1.82) is 0 Å². The minimum atomic E-state index is -4.36. The predicted molar refractivity (Wildman–Crippen MR) is 101 cm³/mol. The molecular formula is C21H23F3N2O2. The van der Waals surface area contributed by atoms with E-state index in [2.05, 4.69) is 0 Å². The molecule has 0 bridgehead atoms. The molecule has 2 aromatic rings.